The minimum Gasteiger partial charge on any atom is -0.468 e. The van der Waals surface area contributed by atoms with Gasteiger partial charge >= 0.3 is 13.3 Å². The zero-order valence-electron chi connectivity index (χ0n) is 14.4. The van der Waals surface area contributed by atoms with Crippen molar-refractivity contribution in [2.45, 2.75) is 44.7 Å². The molecule has 1 aromatic carbocycles. The first-order valence-electron chi connectivity index (χ1n) is 7.62. The van der Waals surface area contributed by atoms with Crippen LogP contribution in [0.25, 0.3) is 0 Å². The Bertz CT molecular complexity index is 641. The first-order valence-corrected chi connectivity index (χ1v) is 7.62. The monoisotopic (exact) mass is 365 g/mol. The number of hydrogen-bond donors (Lipinski definition) is 1. The number of alkyl halides is 3. The molecule has 0 spiro atoms. The van der Waals surface area contributed by atoms with Crippen LogP contribution in [0, 0.1) is 5.82 Å². The van der Waals surface area contributed by atoms with Crippen LogP contribution in [0.15, 0.2) is 12.1 Å². The topological polar surface area (TPSA) is 62.9 Å². The van der Waals surface area contributed by atoms with Gasteiger partial charge in [-0.25, -0.2) is 4.39 Å². The zero-order valence-corrected chi connectivity index (χ0v) is 14.4. The summed E-state index contributed by atoms with van der Waals surface area (Å²) < 4.78 is 74.2. The van der Waals surface area contributed by atoms with Crippen molar-refractivity contribution in [3.05, 3.63) is 23.5 Å². The molecule has 0 aliphatic carbocycles. The second-order valence-corrected chi connectivity index (χ2v) is 6.24. The van der Waals surface area contributed by atoms with Gasteiger partial charge in [0, 0.05) is 12.6 Å². The van der Waals surface area contributed by atoms with Crippen LogP contribution >= 0.6 is 0 Å². The summed E-state index contributed by atoms with van der Waals surface area (Å²) >= 11 is 0. The van der Waals surface area contributed by atoms with E-state index < -0.39 is 36.0 Å². The molecule has 1 atom stereocenters. The average Bonchev–Trinajstić information content (AvgIpc) is 2.75. The van der Waals surface area contributed by atoms with Crippen molar-refractivity contribution >= 4 is 12.6 Å². The van der Waals surface area contributed by atoms with E-state index in [9.17, 15) is 17.6 Å². The van der Waals surface area contributed by atoms with Gasteiger partial charge in [0.2, 0.25) is 0 Å². The fourth-order valence-corrected chi connectivity index (χ4v) is 2.58. The van der Waals surface area contributed by atoms with Crippen LogP contribution < -0.4 is 15.9 Å². The van der Waals surface area contributed by atoms with E-state index in [0.717, 1.165) is 0 Å². The number of nitrogens with two attached hydrogens (primary N) is 1. The molecule has 2 rings (SSSR count). The third kappa shape index (κ3) is 3.76. The fourth-order valence-electron chi connectivity index (χ4n) is 2.58. The highest BCUT2D eigenvalue weighted by Gasteiger charge is 2.55. The molecular formula is C15H20BF4NO4. The van der Waals surface area contributed by atoms with Crippen LogP contribution in [0.4, 0.5) is 17.6 Å². The smallest absolute Gasteiger partial charge is 0.468 e. The maximum Gasteiger partial charge on any atom is 0.499 e. The summed E-state index contributed by atoms with van der Waals surface area (Å²) in [6.45, 7) is 4.83. The predicted molar refractivity (Wildman–Crippen MR) is 82.8 cm³/mol. The summed E-state index contributed by atoms with van der Waals surface area (Å²) in [5.41, 5.74) is 2.56. The van der Waals surface area contributed by atoms with Crippen molar-refractivity contribution in [3.8, 4) is 5.75 Å². The summed E-state index contributed by atoms with van der Waals surface area (Å²) in [6.07, 6.45) is -4.49. The second kappa shape index (κ2) is 6.75. The third-order valence-electron chi connectivity index (χ3n) is 4.25. The Morgan fingerprint density at radius 1 is 1.24 bits per heavy atom. The number of hydrogen-bond acceptors (Lipinski definition) is 5. The minimum absolute atomic E-state index is 0.0311. The molecule has 1 fully saturated rings. The van der Waals surface area contributed by atoms with Gasteiger partial charge in [0.15, 0.2) is 6.79 Å². The Balaban J connectivity index is 2.48. The SMILES string of the molecule is CCC1(N)OB(c2cc(F)c(C(F)(F)F)cc2OCOC)OC1(C)C. The molecule has 0 saturated carbocycles. The first-order chi connectivity index (χ1) is 11.4. The fraction of sp³-hybridized carbons (Fsp3) is 0.600. The van der Waals surface area contributed by atoms with Gasteiger partial charge in [0.1, 0.15) is 17.3 Å². The Morgan fingerprint density at radius 3 is 2.36 bits per heavy atom. The van der Waals surface area contributed by atoms with Crippen LogP contribution in [0.3, 0.4) is 0 Å². The Hall–Kier alpha value is -1.36. The number of ether oxygens (including phenoxy) is 2. The molecule has 0 radical (unpaired) electrons. The lowest BCUT2D eigenvalue weighted by atomic mass is 9.77. The van der Waals surface area contributed by atoms with Gasteiger partial charge in [0.05, 0.1) is 11.2 Å². The van der Waals surface area contributed by atoms with E-state index in [2.05, 4.69) is 0 Å². The number of benzene rings is 1. The Kier molecular flexibility index (Phi) is 5.39. The number of halogens is 4. The van der Waals surface area contributed by atoms with Gasteiger partial charge in [-0.05, 0) is 32.4 Å². The lowest BCUT2D eigenvalue weighted by Gasteiger charge is -2.34. The number of methoxy groups -OCH3 is 1. The van der Waals surface area contributed by atoms with E-state index in [4.69, 9.17) is 24.5 Å². The van der Waals surface area contributed by atoms with Crippen LogP contribution in [-0.4, -0.2) is 32.3 Å². The van der Waals surface area contributed by atoms with E-state index in [-0.39, 0.29) is 18.0 Å². The molecule has 2 N–H and O–H groups in total. The molecule has 25 heavy (non-hydrogen) atoms. The van der Waals surface area contributed by atoms with E-state index in [1.807, 2.05) is 0 Å². The predicted octanol–water partition coefficient (Wildman–Crippen LogP) is 2.41. The van der Waals surface area contributed by atoms with Crippen LogP contribution in [0.5, 0.6) is 5.75 Å². The van der Waals surface area contributed by atoms with E-state index >= 15 is 0 Å². The molecule has 0 bridgehead atoms. The first kappa shape index (κ1) is 20.0. The molecule has 1 aromatic rings. The molecule has 5 nitrogen and oxygen atoms in total. The molecular weight excluding hydrogens is 345 g/mol. The normalized spacial score (nSPS) is 23.2. The highest BCUT2D eigenvalue weighted by atomic mass is 19.4. The molecule has 1 saturated heterocycles. The molecule has 1 unspecified atom stereocenters. The summed E-state index contributed by atoms with van der Waals surface area (Å²) in [4.78, 5) is 0. The van der Waals surface area contributed by atoms with Gasteiger partial charge in [-0.3, -0.25) is 0 Å². The highest BCUT2D eigenvalue weighted by Crippen LogP contribution is 2.38. The van der Waals surface area contributed by atoms with Crippen LogP contribution in [0.2, 0.25) is 0 Å². The van der Waals surface area contributed by atoms with Gasteiger partial charge in [-0.1, -0.05) is 6.92 Å². The molecule has 1 heterocycles. The molecule has 10 heteroatoms. The van der Waals surface area contributed by atoms with E-state index in [1.54, 1.807) is 20.8 Å². The van der Waals surface area contributed by atoms with Crippen molar-refractivity contribution in [1.82, 2.24) is 0 Å². The van der Waals surface area contributed by atoms with Crippen LogP contribution in [0.1, 0.15) is 32.8 Å². The minimum atomic E-state index is -4.87. The summed E-state index contributed by atoms with van der Waals surface area (Å²) in [5.74, 6) is -1.71. The maximum atomic E-state index is 14.0. The van der Waals surface area contributed by atoms with Crippen molar-refractivity contribution in [1.29, 1.82) is 0 Å². The van der Waals surface area contributed by atoms with E-state index in [1.165, 1.54) is 7.11 Å². The second-order valence-electron chi connectivity index (χ2n) is 6.24. The van der Waals surface area contributed by atoms with Crippen molar-refractivity contribution < 1.29 is 36.3 Å². The van der Waals surface area contributed by atoms with Crippen molar-refractivity contribution in [2.24, 2.45) is 5.73 Å². The highest BCUT2D eigenvalue weighted by molar-refractivity contribution is 6.63. The van der Waals surface area contributed by atoms with Gasteiger partial charge in [-0.2, -0.15) is 13.2 Å². The van der Waals surface area contributed by atoms with Gasteiger partial charge in [-0.15, -0.1) is 0 Å². The molecule has 0 aromatic heterocycles. The third-order valence-corrected chi connectivity index (χ3v) is 4.25. The van der Waals surface area contributed by atoms with Crippen molar-refractivity contribution in [2.75, 3.05) is 13.9 Å². The van der Waals surface area contributed by atoms with E-state index in [0.29, 0.717) is 18.6 Å². The largest absolute Gasteiger partial charge is 0.499 e. The quantitative estimate of drug-likeness (QED) is 0.493. The lowest BCUT2D eigenvalue weighted by Crippen LogP contribution is -2.54. The van der Waals surface area contributed by atoms with Gasteiger partial charge in [0.25, 0.3) is 0 Å². The summed E-state index contributed by atoms with van der Waals surface area (Å²) in [6, 6.07) is 1.25. The van der Waals surface area contributed by atoms with Crippen LogP contribution in [-0.2, 0) is 20.2 Å². The van der Waals surface area contributed by atoms with Crippen molar-refractivity contribution in [3.63, 3.8) is 0 Å². The number of rotatable bonds is 5. The molecule has 0 amide bonds. The maximum absolute atomic E-state index is 14.0. The lowest BCUT2D eigenvalue weighted by molar-refractivity contribution is -0.140. The van der Waals surface area contributed by atoms with Gasteiger partial charge < -0.3 is 24.5 Å². The standard InChI is InChI=1S/C15H20BF4NO4/c1-5-14(21)13(2,3)24-16(25-14)10-7-11(17)9(15(18,19)20)6-12(10)23-8-22-4/h6-7H,5,8,21H2,1-4H3. The zero-order chi connectivity index (χ0) is 19.0. The average molecular weight is 365 g/mol. The molecule has 140 valence electrons. The molecule has 1 aliphatic heterocycles. The molecule has 1 aliphatic rings. The summed E-state index contributed by atoms with van der Waals surface area (Å²) in [5, 5.41) is 0. The summed E-state index contributed by atoms with van der Waals surface area (Å²) in [7, 11) is 0.130. The Morgan fingerprint density at radius 2 is 1.88 bits per heavy atom. The Labute approximate surface area is 143 Å².